The lowest BCUT2D eigenvalue weighted by Crippen LogP contribution is -2.07. The van der Waals surface area contributed by atoms with E-state index in [1.165, 1.54) is 38.5 Å². The second-order valence-corrected chi connectivity index (χ2v) is 13.6. The molecule has 0 spiro atoms. The molecule has 0 fully saturated rings. The maximum atomic E-state index is 6.34. The fourth-order valence-electron chi connectivity index (χ4n) is 4.45. The molecular weight excluding hydrogens is 600 g/mol. The van der Waals surface area contributed by atoms with Crippen molar-refractivity contribution in [3.63, 3.8) is 0 Å². The maximum absolute atomic E-state index is 6.34. The van der Waals surface area contributed by atoms with E-state index in [-0.39, 0.29) is 0 Å². The van der Waals surface area contributed by atoms with Gasteiger partial charge in [-0.2, -0.15) is 0 Å². The van der Waals surface area contributed by atoms with Crippen LogP contribution in [0.3, 0.4) is 0 Å². The standard InChI is InChI=1S/C34H50Br2O2/c1-25(2)9-7-11-27(5)19-21-37-33-24-32(36)34(38-22-20-28(6)12-8-10-26(3)4)23-30(33)16-13-29-14-17-31(35)18-15-29/h13-18,23-28H,7-12,19-22H2,1-6H3. The summed E-state index contributed by atoms with van der Waals surface area (Å²) < 4.78 is 14.6. The molecule has 2 aromatic carbocycles. The molecule has 2 aromatic rings. The highest BCUT2D eigenvalue weighted by Crippen LogP contribution is 2.35. The first-order valence-electron chi connectivity index (χ1n) is 14.7. The van der Waals surface area contributed by atoms with Crippen LogP contribution in [0.1, 0.15) is 104 Å². The summed E-state index contributed by atoms with van der Waals surface area (Å²) in [5, 5.41) is 0. The quantitative estimate of drug-likeness (QED) is 0.150. The molecule has 0 saturated carbocycles. The van der Waals surface area contributed by atoms with E-state index in [4.69, 9.17) is 9.47 Å². The molecule has 2 rings (SSSR count). The SMILES string of the molecule is CC(C)CCCC(C)CCOc1cc(C=Cc2ccc(Br)cc2)c(OCCC(C)CCCC(C)C)cc1Br. The molecule has 2 nitrogen and oxygen atoms in total. The van der Waals surface area contributed by atoms with Crippen molar-refractivity contribution in [3.8, 4) is 11.5 Å². The van der Waals surface area contributed by atoms with Gasteiger partial charge in [-0.1, -0.05) is 120 Å². The predicted molar refractivity (Wildman–Crippen MR) is 173 cm³/mol. The Labute approximate surface area is 250 Å². The van der Waals surface area contributed by atoms with E-state index in [0.717, 1.165) is 69.5 Å². The summed E-state index contributed by atoms with van der Waals surface area (Å²) in [5.41, 5.74) is 2.20. The van der Waals surface area contributed by atoms with E-state index < -0.39 is 0 Å². The molecule has 212 valence electrons. The molecule has 0 amide bonds. The zero-order chi connectivity index (χ0) is 27.9. The fraction of sp³-hybridized carbons (Fsp3) is 0.588. The van der Waals surface area contributed by atoms with Crippen LogP contribution in [0.15, 0.2) is 45.3 Å². The first-order chi connectivity index (χ1) is 18.1. The van der Waals surface area contributed by atoms with Crippen molar-refractivity contribution in [2.45, 2.75) is 92.9 Å². The van der Waals surface area contributed by atoms with E-state index in [1.54, 1.807) is 0 Å². The number of rotatable bonds is 18. The number of halogens is 2. The van der Waals surface area contributed by atoms with Gasteiger partial charge in [0, 0.05) is 10.0 Å². The van der Waals surface area contributed by atoms with Gasteiger partial charge in [-0.15, -0.1) is 0 Å². The Balaban J connectivity index is 2.04. The van der Waals surface area contributed by atoms with Crippen molar-refractivity contribution >= 4 is 44.0 Å². The smallest absolute Gasteiger partial charge is 0.134 e. The highest BCUT2D eigenvalue weighted by molar-refractivity contribution is 9.10. The third-order valence-corrected chi connectivity index (χ3v) is 8.23. The summed E-state index contributed by atoms with van der Waals surface area (Å²) in [6, 6.07) is 12.5. The normalized spacial score (nSPS) is 13.4. The number of benzene rings is 2. The van der Waals surface area contributed by atoms with E-state index in [1.807, 2.05) is 0 Å². The van der Waals surface area contributed by atoms with E-state index in [0.29, 0.717) is 11.8 Å². The van der Waals surface area contributed by atoms with Gasteiger partial charge in [0.25, 0.3) is 0 Å². The topological polar surface area (TPSA) is 18.5 Å². The average molecular weight is 651 g/mol. The van der Waals surface area contributed by atoms with Gasteiger partial charge in [-0.3, -0.25) is 0 Å². The van der Waals surface area contributed by atoms with Crippen molar-refractivity contribution in [3.05, 3.63) is 56.5 Å². The number of hydrogen-bond donors (Lipinski definition) is 0. The zero-order valence-corrected chi connectivity index (χ0v) is 27.7. The van der Waals surface area contributed by atoms with Gasteiger partial charge in [0.05, 0.1) is 17.7 Å². The minimum absolute atomic E-state index is 0.670. The Morgan fingerprint density at radius 3 is 1.68 bits per heavy atom. The molecule has 0 aliphatic carbocycles. The van der Waals surface area contributed by atoms with Gasteiger partial charge in [0.15, 0.2) is 0 Å². The summed E-state index contributed by atoms with van der Waals surface area (Å²) in [5.74, 6) is 4.69. The molecule has 0 bridgehead atoms. The lowest BCUT2D eigenvalue weighted by atomic mass is 9.97. The average Bonchev–Trinajstić information content (AvgIpc) is 2.85. The van der Waals surface area contributed by atoms with Crippen molar-refractivity contribution in [2.75, 3.05) is 13.2 Å². The first-order valence-corrected chi connectivity index (χ1v) is 16.2. The Hall–Kier alpha value is -1.26. The van der Waals surface area contributed by atoms with E-state index >= 15 is 0 Å². The molecular formula is C34H50Br2O2. The highest BCUT2D eigenvalue weighted by Gasteiger charge is 2.12. The number of ether oxygens (including phenoxy) is 2. The van der Waals surface area contributed by atoms with Crippen molar-refractivity contribution in [1.82, 2.24) is 0 Å². The van der Waals surface area contributed by atoms with Crippen molar-refractivity contribution in [1.29, 1.82) is 0 Å². The van der Waals surface area contributed by atoms with Crippen LogP contribution in [-0.4, -0.2) is 13.2 Å². The molecule has 0 aliphatic heterocycles. The van der Waals surface area contributed by atoms with Crippen LogP contribution in [-0.2, 0) is 0 Å². The van der Waals surface area contributed by atoms with Crippen LogP contribution in [0, 0.1) is 23.7 Å². The van der Waals surface area contributed by atoms with Crippen LogP contribution >= 0.6 is 31.9 Å². The van der Waals surface area contributed by atoms with Crippen molar-refractivity contribution < 1.29 is 9.47 Å². The molecule has 4 heteroatoms. The second kappa shape index (κ2) is 18.2. The minimum atomic E-state index is 0.670. The summed E-state index contributed by atoms with van der Waals surface area (Å²) >= 11 is 7.27. The van der Waals surface area contributed by atoms with Crippen LogP contribution in [0.4, 0.5) is 0 Å². The van der Waals surface area contributed by atoms with Crippen LogP contribution in [0.5, 0.6) is 11.5 Å². The maximum Gasteiger partial charge on any atom is 0.134 e. The van der Waals surface area contributed by atoms with E-state index in [2.05, 4.69) is 122 Å². The minimum Gasteiger partial charge on any atom is -0.493 e. The number of hydrogen-bond acceptors (Lipinski definition) is 2. The van der Waals surface area contributed by atoms with Gasteiger partial charge in [0.2, 0.25) is 0 Å². The molecule has 0 heterocycles. The second-order valence-electron chi connectivity index (χ2n) is 11.8. The summed E-state index contributed by atoms with van der Waals surface area (Å²) in [7, 11) is 0. The molecule has 0 saturated heterocycles. The largest absolute Gasteiger partial charge is 0.493 e. The van der Waals surface area contributed by atoms with Crippen LogP contribution in [0.2, 0.25) is 0 Å². The zero-order valence-electron chi connectivity index (χ0n) is 24.6. The lowest BCUT2D eigenvalue weighted by molar-refractivity contribution is 0.267. The summed E-state index contributed by atoms with van der Waals surface area (Å²) in [6.07, 6.45) is 14.2. The highest BCUT2D eigenvalue weighted by atomic mass is 79.9. The first kappa shape index (κ1) is 32.9. The van der Waals surface area contributed by atoms with E-state index in [9.17, 15) is 0 Å². The Kier molecular flexibility index (Phi) is 15.7. The van der Waals surface area contributed by atoms with Gasteiger partial charge in [0.1, 0.15) is 11.5 Å². The van der Waals surface area contributed by atoms with Crippen LogP contribution in [0.25, 0.3) is 12.2 Å². The molecule has 2 unspecified atom stereocenters. The summed E-state index contributed by atoms with van der Waals surface area (Å²) in [6.45, 7) is 15.3. The van der Waals surface area contributed by atoms with Crippen LogP contribution < -0.4 is 9.47 Å². The monoisotopic (exact) mass is 648 g/mol. The Morgan fingerprint density at radius 2 is 1.16 bits per heavy atom. The molecule has 2 atom stereocenters. The molecule has 0 radical (unpaired) electrons. The molecule has 0 N–H and O–H groups in total. The van der Waals surface area contributed by atoms with Gasteiger partial charge in [-0.25, -0.2) is 0 Å². The third-order valence-electron chi connectivity index (χ3n) is 7.08. The van der Waals surface area contributed by atoms with Crippen molar-refractivity contribution in [2.24, 2.45) is 23.7 Å². The Morgan fingerprint density at radius 1 is 0.632 bits per heavy atom. The predicted octanol–water partition coefficient (Wildman–Crippen LogP) is 11.8. The third kappa shape index (κ3) is 13.7. The fourth-order valence-corrected chi connectivity index (χ4v) is 5.16. The van der Waals surface area contributed by atoms with Gasteiger partial charge < -0.3 is 9.47 Å². The lowest BCUT2D eigenvalue weighted by Gasteiger charge is -2.17. The van der Waals surface area contributed by atoms with Gasteiger partial charge in [-0.05, 0) is 82.3 Å². The Bertz CT molecular complexity index is 950. The molecule has 0 aliphatic rings. The van der Waals surface area contributed by atoms with Gasteiger partial charge >= 0.3 is 0 Å². The summed E-state index contributed by atoms with van der Waals surface area (Å²) in [4.78, 5) is 0. The molecule has 38 heavy (non-hydrogen) atoms. The molecule has 0 aromatic heterocycles.